The molecule has 0 unspecified atom stereocenters. The number of hydrogen-bond donors (Lipinski definition) is 0. The molecule has 1 rings (SSSR count). The normalized spacial score (nSPS) is 19.3. The van der Waals surface area contributed by atoms with Gasteiger partial charge in [0, 0.05) is 45.6 Å². The van der Waals surface area contributed by atoms with E-state index in [9.17, 15) is 14.4 Å². The van der Waals surface area contributed by atoms with Gasteiger partial charge < -0.3 is 14.4 Å². The summed E-state index contributed by atoms with van der Waals surface area (Å²) >= 11 is 0. The van der Waals surface area contributed by atoms with Crippen molar-refractivity contribution < 1.29 is 47.1 Å². The van der Waals surface area contributed by atoms with Crippen molar-refractivity contribution in [3.8, 4) is 0 Å². The molecule has 0 spiro atoms. The molecule has 1 aliphatic carbocycles. The summed E-state index contributed by atoms with van der Waals surface area (Å²) in [6, 6.07) is 0. The van der Waals surface area contributed by atoms with Crippen LogP contribution in [0.4, 0.5) is 0 Å². The molecule has 0 aliphatic heterocycles. The first-order chi connectivity index (χ1) is 4.75. The van der Waals surface area contributed by atoms with Gasteiger partial charge in [-0.1, -0.05) is 0 Å². The van der Waals surface area contributed by atoms with Crippen LogP contribution in [0.2, 0.25) is 0 Å². The van der Waals surface area contributed by atoms with E-state index in [0.29, 0.717) is 19.3 Å². The molecule has 0 bridgehead atoms. The predicted molar refractivity (Wildman–Crippen MR) is 33.0 cm³/mol. The molecule has 0 aromatic rings. The van der Waals surface area contributed by atoms with Gasteiger partial charge in [0.1, 0.15) is 11.6 Å². The zero-order valence-corrected chi connectivity index (χ0v) is 8.84. The predicted octanol–water partition coefficient (Wildman–Crippen LogP) is 0.0319. The smallest absolute Gasteiger partial charge is 0.116 e. The monoisotopic (exact) mass is 228 g/mol. The molecule has 0 amide bonds. The van der Waals surface area contributed by atoms with E-state index in [1.807, 2.05) is 0 Å². The van der Waals surface area contributed by atoms with Crippen LogP contribution in [-0.2, 0) is 47.1 Å². The largest absolute Gasteiger partial charge is 0.541 e. The number of rotatable bonds is 1. The minimum absolute atomic E-state index is 0. The Labute approximate surface area is 89.8 Å². The third-order valence-corrected chi connectivity index (χ3v) is 1.61. The van der Waals surface area contributed by atoms with Gasteiger partial charge in [0.15, 0.2) is 0 Å². The molecule has 57 valence electrons. The number of carbonyl (C=O) groups is 2. The maximum Gasteiger partial charge on any atom is 0.116 e. The minimum Gasteiger partial charge on any atom is -0.541 e. The molecule has 11 heavy (non-hydrogen) atoms. The molecule has 1 radical (unpaired) electrons. The van der Waals surface area contributed by atoms with Crippen molar-refractivity contribution in [3.05, 3.63) is 0 Å². The SMILES string of the molecule is O=[C-]C1C(=O)CCCC1=O.[Y]. The topological polar surface area (TPSA) is 51.2 Å². The van der Waals surface area contributed by atoms with Crippen LogP contribution in [0, 0.1) is 5.92 Å². The van der Waals surface area contributed by atoms with Crippen molar-refractivity contribution in [3.63, 3.8) is 0 Å². The van der Waals surface area contributed by atoms with Gasteiger partial charge >= 0.3 is 0 Å². The van der Waals surface area contributed by atoms with Crippen LogP contribution >= 0.6 is 0 Å². The summed E-state index contributed by atoms with van der Waals surface area (Å²) < 4.78 is 0. The molecular weight excluding hydrogens is 221 g/mol. The quantitative estimate of drug-likeness (QED) is 0.470. The molecule has 1 saturated carbocycles. The van der Waals surface area contributed by atoms with Gasteiger partial charge in [-0.3, -0.25) is 0 Å². The Kier molecular flexibility index (Phi) is 4.94. The Morgan fingerprint density at radius 1 is 1.18 bits per heavy atom. The van der Waals surface area contributed by atoms with Crippen molar-refractivity contribution in [2.45, 2.75) is 19.3 Å². The van der Waals surface area contributed by atoms with E-state index in [2.05, 4.69) is 0 Å². The fourth-order valence-electron chi connectivity index (χ4n) is 1.04. The first-order valence-corrected chi connectivity index (χ1v) is 3.19. The number of ketones is 2. The Morgan fingerprint density at radius 3 is 1.91 bits per heavy atom. The maximum absolute atomic E-state index is 10.8. The fraction of sp³-hybridized carbons (Fsp3) is 0.571. The maximum atomic E-state index is 10.8. The van der Waals surface area contributed by atoms with E-state index in [-0.39, 0.29) is 44.3 Å². The van der Waals surface area contributed by atoms with Crippen LogP contribution in [0.1, 0.15) is 19.3 Å². The van der Waals surface area contributed by atoms with Crippen LogP contribution in [0.15, 0.2) is 0 Å². The second kappa shape index (κ2) is 4.88. The summed E-state index contributed by atoms with van der Waals surface area (Å²) in [4.78, 5) is 31.5. The summed E-state index contributed by atoms with van der Waals surface area (Å²) in [5, 5.41) is 0. The average Bonchev–Trinajstić information content (AvgIpc) is 1.88. The van der Waals surface area contributed by atoms with Crippen molar-refractivity contribution in [2.24, 2.45) is 5.92 Å². The van der Waals surface area contributed by atoms with Crippen LogP contribution in [-0.4, -0.2) is 17.9 Å². The third kappa shape index (κ3) is 2.56. The van der Waals surface area contributed by atoms with E-state index >= 15 is 0 Å². The summed E-state index contributed by atoms with van der Waals surface area (Å²) in [5.74, 6) is -1.61. The molecule has 0 heterocycles. The molecule has 0 atom stereocenters. The average molecular weight is 228 g/mol. The van der Waals surface area contributed by atoms with Gasteiger partial charge in [-0.15, -0.1) is 0 Å². The molecule has 0 saturated heterocycles. The second-order valence-corrected chi connectivity index (χ2v) is 2.34. The Hall–Kier alpha value is 0.114. The molecule has 4 heteroatoms. The van der Waals surface area contributed by atoms with E-state index in [1.54, 1.807) is 0 Å². The molecular formula is C7H7O3Y-. The van der Waals surface area contributed by atoms with Gasteiger partial charge in [-0.2, -0.15) is 0 Å². The zero-order valence-electron chi connectivity index (χ0n) is 6.00. The van der Waals surface area contributed by atoms with Gasteiger partial charge in [-0.25, -0.2) is 6.29 Å². The van der Waals surface area contributed by atoms with Gasteiger partial charge in [0.05, 0.1) is 0 Å². The Morgan fingerprint density at radius 2 is 1.64 bits per heavy atom. The van der Waals surface area contributed by atoms with Crippen molar-refractivity contribution in [1.82, 2.24) is 0 Å². The van der Waals surface area contributed by atoms with Crippen molar-refractivity contribution >= 4 is 17.9 Å². The minimum atomic E-state index is -1.06. The summed E-state index contributed by atoms with van der Waals surface area (Å²) in [6.45, 7) is 0. The summed E-state index contributed by atoms with van der Waals surface area (Å²) in [6.07, 6.45) is 2.75. The fourth-order valence-corrected chi connectivity index (χ4v) is 1.04. The van der Waals surface area contributed by atoms with Crippen LogP contribution in [0.3, 0.4) is 0 Å². The summed E-state index contributed by atoms with van der Waals surface area (Å²) in [7, 11) is 0. The molecule has 0 N–H and O–H groups in total. The van der Waals surface area contributed by atoms with E-state index in [1.165, 1.54) is 6.29 Å². The van der Waals surface area contributed by atoms with Crippen molar-refractivity contribution in [2.75, 3.05) is 0 Å². The van der Waals surface area contributed by atoms with Crippen LogP contribution in [0.25, 0.3) is 0 Å². The van der Waals surface area contributed by atoms with Gasteiger partial charge in [-0.05, 0) is 12.3 Å². The molecule has 0 aromatic heterocycles. The van der Waals surface area contributed by atoms with Crippen molar-refractivity contribution in [1.29, 1.82) is 0 Å². The van der Waals surface area contributed by atoms with E-state index in [0.717, 1.165) is 0 Å². The van der Waals surface area contributed by atoms with E-state index < -0.39 is 5.92 Å². The molecule has 3 nitrogen and oxygen atoms in total. The summed E-state index contributed by atoms with van der Waals surface area (Å²) in [5.41, 5.74) is 0. The molecule has 1 fully saturated rings. The first-order valence-electron chi connectivity index (χ1n) is 3.19. The number of hydrogen-bond acceptors (Lipinski definition) is 3. The van der Waals surface area contributed by atoms with Gasteiger partial charge in [0.25, 0.3) is 0 Å². The standard InChI is InChI=1S/C7H7O3.Y/c8-4-5-6(9)2-1-3-7(5)10;/h5H,1-3H2;/q-1;. The first kappa shape index (κ1) is 11.1. The van der Waals surface area contributed by atoms with Crippen LogP contribution in [0.5, 0.6) is 0 Å². The van der Waals surface area contributed by atoms with E-state index in [4.69, 9.17) is 0 Å². The molecule has 1 aliphatic rings. The zero-order chi connectivity index (χ0) is 7.56. The number of carbonyl (C=O) groups excluding carboxylic acids is 3. The number of Topliss-reactive ketones (excluding diaryl/α,β-unsaturated/α-hetero) is 2. The third-order valence-electron chi connectivity index (χ3n) is 1.61. The van der Waals surface area contributed by atoms with Crippen LogP contribution < -0.4 is 0 Å². The van der Waals surface area contributed by atoms with Gasteiger partial charge in [0.2, 0.25) is 0 Å². The second-order valence-electron chi connectivity index (χ2n) is 2.34. The molecule has 0 aromatic carbocycles. The Balaban J connectivity index is 0.000001000. The Bertz CT molecular complexity index is 172.